The number of nitrogens with one attached hydrogen (secondary N) is 1. The Morgan fingerprint density at radius 3 is 2.41 bits per heavy atom. The number of rotatable bonds is 8. The van der Waals surface area contributed by atoms with Gasteiger partial charge in [0.15, 0.2) is 0 Å². The molecule has 4 fully saturated rings. The van der Waals surface area contributed by atoms with Crippen LogP contribution in [-0.4, -0.2) is 50.1 Å². The van der Waals surface area contributed by atoms with E-state index in [4.69, 9.17) is 0 Å². The monoisotopic (exact) mass is 511 g/mol. The maximum Gasteiger partial charge on any atom is 0.248 e. The van der Waals surface area contributed by atoms with Gasteiger partial charge >= 0.3 is 0 Å². The smallest absolute Gasteiger partial charge is 0.248 e. The molecule has 1 N–H and O–H groups in total. The van der Waals surface area contributed by atoms with Gasteiger partial charge in [-0.3, -0.25) is 9.69 Å². The van der Waals surface area contributed by atoms with E-state index in [0.717, 1.165) is 36.6 Å². The number of alkyl halides is 2. The molecule has 1 aliphatic heterocycles. The lowest BCUT2D eigenvalue weighted by Gasteiger charge is -2.80. The maximum atomic E-state index is 13.6. The van der Waals surface area contributed by atoms with Crippen LogP contribution >= 0.6 is 0 Å². The number of carbonyl (C=O) groups excluding carboxylic acids is 1. The van der Waals surface area contributed by atoms with E-state index in [0.29, 0.717) is 29.5 Å². The Balaban J connectivity index is 1.12. The number of benzene rings is 1. The average Bonchev–Trinajstić information content (AvgIpc) is 3.21. The van der Waals surface area contributed by atoms with E-state index in [-0.39, 0.29) is 43.6 Å². The second-order valence-corrected chi connectivity index (χ2v) is 12.2. The number of halogens is 2. The predicted octanol–water partition coefficient (Wildman–Crippen LogP) is 5.56. The molecule has 3 aliphatic carbocycles. The summed E-state index contributed by atoms with van der Waals surface area (Å²) in [6.07, 6.45) is 4.61. The highest BCUT2D eigenvalue weighted by Gasteiger charge is 2.75. The third-order valence-electron chi connectivity index (χ3n) is 9.96. The zero-order chi connectivity index (χ0) is 25.9. The van der Waals surface area contributed by atoms with Gasteiger partial charge in [-0.2, -0.15) is 0 Å². The van der Waals surface area contributed by atoms with Gasteiger partial charge in [-0.25, -0.2) is 8.78 Å². The van der Waals surface area contributed by atoms with Crippen LogP contribution in [0.3, 0.4) is 0 Å². The summed E-state index contributed by atoms with van der Waals surface area (Å²) in [5.41, 5.74) is 1.45. The van der Waals surface area contributed by atoms with Gasteiger partial charge in [0.2, 0.25) is 11.8 Å². The van der Waals surface area contributed by atoms with Gasteiger partial charge in [-0.05, 0) is 51.0 Å². The summed E-state index contributed by atoms with van der Waals surface area (Å²) in [6, 6.07) is 11.7. The molecule has 0 radical (unpaired) electrons. The molecular formula is C29H39F2N5O. The molecule has 37 heavy (non-hydrogen) atoms. The van der Waals surface area contributed by atoms with Gasteiger partial charge < -0.3 is 9.88 Å². The normalized spacial score (nSPS) is 31.5. The minimum absolute atomic E-state index is 0.0704. The SMILES string of the molecule is Cc1nnc(C(C)C)n1C1CC2N(CC[C@H](NC(=O)C3CCC(F)(F)CC3)c3ccccc3)[C@H]3CCC213. The van der Waals surface area contributed by atoms with E-state index in [2.05, 4.69) is 57.9 Å². The van der Waals surface area contributed by atoms with Crippen molar-refractivity contribution in [2.75, 3.05) is 6.54 Å². The number of aromatic nitrogens is 3. The highest BCUT2D eigenvalue weighted by molar-refractivity contribution is 5.79. The number of piperidine rings is 2. The number of hydrogen-bond donors (Lipinski definition) is 1. The lowest BCUT2D eigenvalue weighted by atomic mass is 9.40. The second kappa shape index (κ2) is 9.14. The minimum Gasteiger partial charge on any atom is -0.349 e. The van der Waals surface area contributed by atoms with Crippen molar-refractivity contribution in [3.63, 3.8) is 0 Å². The summed E-state index contributed by atoms with van der Waals surface area (Å²) < 4.78 is 29.7. The summed E-state index contributed by atoms with van der Waals surface area (Å²) in [6.45, 7) is 7.39. The van der Waals surface area contributed by atoms with Crippen molar-refractivity contribution in [3.05, 3.63) is 47.5 Å². The van der Waals surface area contributed by atoms with E-state index >= 15 is 0 Å². The molecule has 1 aromatic carbocycles. The van der Waals surface area contributed by atoms with Crippen LogP contribution in [0.2, 0.25) is 0 Å². The number of likely N-dealkylation sites (tertiary alicyclic amines) is 1. The van der Waals surface area contributed by atoms with Crippen LogP contribution < -0.4 is 5.32 Å². The van der Waals surface area contributed by atoms with Crippen molar-refractivity contribution in [2.45, 2.75) is 108 Å². The molecule has 200 valence electrons. The van der Waals surface area contributed by atoms with Crippen molar-refractivity contribution in [2.24, 2.45) is 11.3 Å². The first-order chi connectivity index (χ1) is 17.7. The maximum absolute atomic E-state index is 13.6. The molecule has 2 aromatic rings. The van der Waals surface area contributed by atoms with Crippen LogP contribution in [0.1, 0.15) is 100 Å². The van der Waals surface area contributed by atoms with E-state index in [1.54, 1.807) is 0 Å². The Hall–Kier alpha value is -2.35. The molecule has 0 bridgehead atoms. The summed E-state index contributed by atoms with van der Waals surface area (Å²) in [4.78, 5) is 15.7. The largest absolute Gasteiger partial charge is 0.349 e. The molecule has 1 amide bonds. The van der Waals surface area contributed by atoms with Gasteiger partial charge in [0, 0.05) is 54.8 Å². The predicted molar refractivity (Wildman–Crippen MR) is 137 cm³/mol. The first-order valence-corrected chi connectivity index (χ1v) is 14.1. The van der Waals surface area contributed by atoms with Crippen molar-refractivity contribution >= 4 is 5.91 Å². The quantitative estimate of drug-likeness (QED) is 0.504. The van der Waals surface area contributed by atoms with Crippen LogP contribution in [0.25, 0.3) is 0 Å². The van der Waals surface area contributed by atoms with Gasteiger partial charge in [-0.1, -0.05) is 44.2 Å². The lowest BCUT2D eigenvalue weighted by Crippen LogP contribution is -2.85. The molecule has 1 aromatic heterocycles. The zero-order valence-corrected chi connectivity index (χ0v) is 22.2. The van der Waals surface area contributed by atoms with Crippen LogP contribution in [0.15, 0.2) is 30.3 Å². The molecule has 4 aliphatic rings. The topological polar surface area (TPSA) is 63.1 Å². The molecule has 5 atom stereocenters. The molecular weight excluding hydrogens is 472 g/mol. The molecule has 6 rings (SSSR count). The molecule has 6 nitrogen and oxygen atoms in total. The number of aryl methyl sites for hydroxylation is 1. The number of nitrogens with zero attached hydrogens (tertiary/aromatic N) is 4. The van der Waals surface area contributed by atoms with Crippen LogP contribution in [0.5, 0.6) is 0 Å². The summed E-state index contributed by atoms with van der Waals surface area (Å²) >= 11 is 0. The van der Waals surface area contributed by atoms with Gasteiger partial charge in [0.05, 0.1) is 6.04 Å². The van der Waals surface area contributed by atoms with Gasteiger partial charge in [-0.15, -0.1) is 10.2 Å². The lowest BCUT2D eigenvalue weighted by molar-refractivity contribution is -0.295. The van der Waals surface area contributed by atoms with Crippen molar-refractivity contribution in [3.8, 4) is 0 Å². The highest BCUT2D eigenvalue weighted by Crippen LogP contribution is 2.73. The fourth-order valence-corrected chi connectivity index (χ4v) is 7.85. The molecule has 1 saturated heterocycles. The molecule has 3 saturated carbocycles. The Bertz CT molecular complexity index is 1130. The van der Waals surface area contributed by atoms with E-state index in [9.17, 15) is 13.6 Å². The number of carbonyl (C=O) groups is 1. The number of amides is 1. The van der Waals surface area contributed by atoms with Crippen LogP contribution in [-0.2, 0) is 4.79 Å². The summed E-state index contributed by atoms with van der Waals surface area (Å²) in [7, 11) is 0. The van der Waals surface area contributed by atoms with Crippen LogP contribution in [0.4, 0.5) is 8.78 Å². The van der Waals surface area contributed by atoms with E-state index in [1.807, 2.05) is 18.2 Å². The minimum atomic E-state index is -2.62. The van der Waals surface area contributed by atoms with Crippen LogP contribution in [0, 0.1) is 18.3 Å². The fourth-order valence-electron chi connectivity index (χ4n) is 7.85. The Labute approximate surface area is 218 Å². The molecule has 3 unspecified atom stereocenters. The number of hydrogen-bond acceptors (Lipinski definition) is 4. The third-order valence-corrected chi connectivity index (χ3v) is 9.96. The third kappa shape index (κ3) is 4.01. The Morgan fingerprint density at radius 2 is 1.78 bits per heavy atom. The zero-order valence-electron chi connectivity index (χ0n) is 22.2. The van der Waals surface area contributed by atoms with E-state index in [1.165, 1.54) is 12.8 Å². The highest BCUT2D eigenvalue weighted by atomic mass is 19.3. The van der Waals surface area contributed by atoms with Crippen molar-refractivity contribution in [1.29, 1.82) is 0 Å². The molecule has 8 heteroatoms. The van der Waals surface area contributed by atoms with Gasteiger partial charge in [0.25, 0.3) is 0 Å². The van der Waals surface area contributed by atoms with Gasteiger partial charge in [0.1, 0.15) is 11.6 Å². The van der Waals surface area contributed by atoms with Crippen molar-refractivity contribution in [1.82, 2.24) is 25.0 Å². The first kappa shape index (κ1) is 25.0. The molecule has 2 heterocycles. The fraction of sp³-hybridized carbons (Fsp3) is 0.690. The second-order valence-electron chi connectivity index (χ2n) is 12.2. The standard InChI is InChI=1S/C29H39F2N5O/c1-18(2)26-34-33-19(3)36(26)25-17-24-29(25)15-11-23(29)35(24)16-12-22(20-7-5-4-6-8-20)32-27(37)21-9-13-28(30,31)14-10-21/h4-8,18,21-25H,9-17H2,1-3H3,(H,32,37)/t22-,23-,24?,25?,29?/m0/s1. The summed E-state index contributed by atoms with van der Waals surface area (Å²) in [5.74, 6) is -0.520. The summed E-state index contributed by atoms with van der Waals surface area (Å²) in [5, 5.41) is 12.1. The van der Waals surface area contributed by atoms with Crippen molar-refractivity contribution < 1.29 is 13.6 Å². The Morgan fingerprint density at radius 1 is 1.05 bits per heavy atom. The van der Waals surface area contributed by atoms with E-state index < -0.39 is 5.92 Å². The molecule has 1 spiro atoms. The Kier molecular flexibility index (Phi) is 6.16. The average molecular weight is 512 g/mol. The first-order valence-electron chi connectivity index (χ1n) is 14.1.